The number of anilines is 2. The van der Waals surface area contributed by atoms with E-state index in [1.807, 2.05) is 12.1 Å². The van der Waals surface area contributed by atoms with E-state index >= 15 is 0 Å². The predicted molar refractivity (Wildman–Crippen MR) is 119 cm³/mol. The molecule has 4 N–H and O–H groups in total. The van der Waals surface area contributed by atoms with Crippen molar-refractivity contribution in [2.75, 3.05) is 37.7 Å². The third kappa shape index (κ3) is 6.60. The molecule has 1 aromatic carbocycles. The Labute approximate surface area is 174 Å². The summed E-state index contributed by atoms with van der Waals surface area (Å²) in [6, 6.07) is 8.27. The van der Waals surface area contributed by atoms with E-state index in [9.17, 15) is 0 Å². The van der Waals surface area contributed by atoms with E-state index in [0.717, 1.165) is 49.4 Å². The Morgan fingerprint density at radius 2 is 1.76 bits per heavy atom. The third-order valence-electron chi connectivity index (χ3n) is 5.55. The van der Waals surface area contributed by atoms with Crippen molar-refractivity contribution in [3.63, 3.8) is 0 Å². The smallest absolute Gasteiger partial charge is 0.222 e. The van der Waals surface area contributed by atoms with E-state index in [0.29, 0.717) is 12.2 Å². The van der Waals surface area contributed by atoms with Crippen molar-refractivity contribution in [2.45, 2.75) is 58.3 Å². The van der Waals surface area contributed by atoms with Crippen LogP contribution in [-0.2, 0) is 12.8 Å². The molecule has 6 nitrogen and oxygen atoms in total. The Morgan fingerprint density at radius 1 is 1.00 bits per heavy atom. The number of benzene rings is 1. The lowest BCUT2D eigenvalue weighted by Gasteiger charge is -2.15. The summed E-state index contributed by atoms with van der Waals surface area (Å²) < 4.78 is 5.91. The molecule has 1 aliphatic rings. The molecule has 0 atom stereocenters. The predicted octanol–water partition coefficient (Wildman–Crippen LogP) is 3.83. The van der Waals surface area contributed by atoms with Crippen molar-refractivity contribution < 1.29 is 4.74 Å². The van der Waals surface area contributed by atoms with Crippen LogP contribution in [0.4, 0.5) is 11.8 Å². The standard InChI is InChI=1S/C23H35N5O/c1-2-3-4-8-21-20(22(24)27-23(25)26-21)17-18-9-11-19(12-10-18)29-16-7-15-28-13-5-6-14-28/h9-12H,2-8,13-17H2,1H3,(H4,24,25,26,27). The van der Waals surface area contributed by atoms with Gasteiger partial charge < -0.3 is 21.1 Å². The van der Waals surface area contributed by atoms with Crippen LogP contribution in [0.15, 0.2) is 24.3 Å². The Balaban J connectivity index is 1.54. The molecule has 29 heavy (non-hydrogen) atoms. The van der Waals surface area contributed by atoms with Gasteiger partial charge in [-0.1, -0.05) is 31.9 Å². The Bertz CT molecular complexity index is 757. The van der Waals surface area contributed by atoms with Crippen LogP contribution in [0, 0.1) is 0 Å². The van der Waals surface area contributed by atoms with Crippen LogP contribution in [0.5, 0.6) is 5.75 Å². The molecule has 0 amide bonds. The molecule has 2 heterocycles. The number of likely N-dealkylation sites (tertiary alicyclic amines) is 1. The number of hydrogen-bond donors (Lipinski definition) is 2. The number of aromatic nitrogens is 2. The van der Waals surface area contributed by atoms with Gasteiger partial charge in [0.1, 0.15) is 11.6 Å². The number of rotatable bonds is 11. The summed E-state index contributed by atoms with van der Waals surface area (Å²) >= 11 is 0. The van der Waals surface area contributed by atoms with E-state index in [-0.39, 0.29) is 5.95 Å². The van der Waals surface area contributed by atoms with Crippen molar-refractivity contribution in [3.05, 3.63) is 41.1 Å². The fourth-order valence-corrected chi connectivity index (χ4v) is 3.90. The van der Waals surface area contributed by atoms with Gasteiger partial charge in [-0.05, 0) is 62.9 Å². The topological polar surface area (TPSA) is 90.3 Å². The van der Waals surface area contributed by atoms with Crippen molar-refractivity contribution in [1.82, 2.24) is 14.9 Å². The summed E-state index contributed by atoms with van der Waals surface area (Å²) in [6.45, 7) is 6.57. The molecule has 1 fully saturated rings. The first kappa shape index (κ1) is 21.4. The lowest BCUT2D eigenvalue weighted by molar-refractivity contribution is 0.263. The zero-order valence-corrected chi connectivity index (χ0v) is 17.7. The van der Waals surface area contributed by atoms with Crippen LogP contribution < -0.4 is 16.2 Å². The van der Waals surface area contributed by atoms with Crippen LogP contribution in [0.3, 0.4) is 0 Å². The second kappa shape index (κ2) is 11.0. The first-order valence-electron chi connectivity index (χ1n) is 11.0. The van der Waals surface area contributed by atoms with Crippen molar-refractivity contribution >= 4 is 11.8 Å². The first-order chi connectivity index (χ1) is 14.2. The molecule has 3 rings (SSSR count). The minimum absolute atomic E-state index is 0.260. The van der Waals surface area contributed by atoms with Crippen LogP contribution in [0.1, 0.15) is 62.3 Å². The van der Waals surface area contributed by atoms with Gasteiger partial charge >= 0.3 is 0 Å². The van der Waals surface area contributed by atoms with Gasteiger partial charge in [0.25, 0.3) is 0 Å². The number of nitrogen functional groups attached to an aromatic ring is 2. The number of ether oxygens (including phenoxy) is 1. The summed E-state index contributed by atoms with van der Waals surface area (Å²) in [6.07, 6.45) is 8.78. The van der Waals surface area contributed by atoms with Gasteiger partial charge in [-0.15, -0.1) is 0 Å². The Hall–Kier alpha value is -2.34. The highest BCUT2D eigenvalue weighted by molar-refractivity contribution is 5.48. The maximum atomic E-state index is 6.18. The van der Waals surface area contributed by atoms with E-state index in [4.69, 9.17) is 16.2 Å². The van der Waals surface area contributed by atoms with Crippen molar-refractivity contribution in [1.29, 1.82) is 0 Å². The molecule has 1 aliphatic heterocycles. The maximum Gasteiger partial charge on any atom is 0.222 e. The van der Waals surface area contributed by atoms with Crippen molar-refractivity contribution in [2.24, 2.45) is 0 Å². The molecule has 0 spiro atoms. The van der Waals surface area contributed by atoms with Gasteiger partial charge in [-0.2, -0.15) is 4.98 Å². The van der Waals surface area contributed by atoms with Gasteiger partial charge in [0.2, 0.25) is 5.95 Å². The molecule has 0 bridgehead atoms. The quantitative estimate of drug-likeness (QED) is 0.560. The minimum Gasteiger partial charge on any atom is -0.494 e. The van der Waals surface area contributed by atoms with Crippen LogP contribution in [-0.4, -0.2) is 41.1 Å². The highest BCUT2D eigenvalue weighted by Gasteiger charge is 2.13. The minimum atomic E-state index is 0.260. The SMILES string of the molecule is CCCCCc1nc(N)nc(N)c1Cc1ccc(OCCCN2CCCC2)cc1. The van der Waals surface area contributed by atoms with E-state index in [2.05, 4.69) is 33.9 Å². The number of aryl methyl sites for hydroxylation is 1. The normalized spacial score (nSPS) is 14.4. The number of nitrogens with two attached hydrogens (primary N) is 2. The summed E-state index contributed by atoms with van der Waals surface area (Å²) in [5.41, 5.74) is 15.1. The summed E-state index contributed by atoms with van der Waals surface area (Å²) in [5, 5.41) is 0. The van der Waals surface area contributed by atoms with Gasteiger partial charge in [-0.25, -0.2) is 4.98 Å². The third-order valence-corrected chi connectivity index (χ3v) is 5.55. The average molecular weight is 398 g/mol. The molecule has 0 saturated carbocycles. The van der Waals surface area contributed by atoms with Gasteiger partial charge in [-0.3, -0.25) is 0 Å². The summed E-state index contributed by atoms with van der Waals surface area (Å²) in [5.74, 6) is 1.67. The zero-order valence-electron chi connectivity index (χ0n) is 17.7. The Morgan fingerprint density at radius 3 is 2.48 bits per heavy atom. The highest BCUT2D eigenvalue weighted by Crippen LogP contribution is 2.22. The lowest BCUT2D eigenvalue weighted by Crippen LogP contribution is -2.21. The van der Waals surface area contributed by atoms with E-state index in [1.165, 1.54) is 44.3 Å². The fourth-order valence-electron chi connectivity index (χ4n) is 3.90. The number of nitrogens with zero attached hydrogens (tertiary/aromatic N) is 3. The molecule has 1 saturated heterocycles. The molecular formula is C23H35N5O. The number of hydrogen-bond acceptors (Lipinski definition) is 6. The van der Waals surface area contributed by atoms with Gasteiger partial charge in [0.05, 0.1) is 12.3 Å². The molecule has 158 valence electrons. The summed E-state index contributed by atoms with van der Waals surface area (Å²) in [7, 11) is 0. The molecule has 0 aliphatic carbocycles. The maximum absolute atomic E-state index is 6.18. The number of unbranched alkanes of at least 4 members (excludes halogenated alkanes) is 2. The van der Waals surface area contributed by atoms with Gasteiger partial charge in [0.15, 0.2) is 0 Å². The molecule has 0 unspecified atom stereocenters. The Kier molecular flexibility index (Phi) is 8.11. The van der Waals surface area contributed by atoms with Gasteiger partial charge in [0, 0.05) is 18.5 Å². The van der Waals surface area contributed by atoms with Crippen LogP contribution >= 0.6 is 0 Å². The summed E-state index contributed by atoms with van der Waals surface area (Å²) in [4.78, 5) is 11.2. The fraction of sp³-hybridized carbons (Fsp3) is 0.565. The molecule has 0 radical (unpaired) electrons. The largest absolute Gasteiger partial charge is 0.494 e. The average Bonchev–Trinajstić information content (AvgIpc) is 3.22. The second-order valence-electron chi connectivity index (χ2n) is 7.92. The molecular weight excluding hydrogens is 362 g/mol. The van der Waals surface area contributed by atoms with Crippen LogP contribution in [0.25, 0.3) is 0 Å². The first-order valence-corrected chi connectivity index (χ1v) is 11.0. The lowest BCUT2D eigenvalue weighted by atomic mass is 10.0. The molecule has 1 aromatic heterocycles. The van der Waals surface area contributed by atoms with E-state index < -0.39 is 0 Å². The highest BCUT2D eigenvalue weighted by atomic mass is 16.5. The zero-order chi connectivity index (χ0) is 20.5. The second-order valence-corrected chi connectivity index (χ2v) is 7.92. The molecule has 6 heteroatoms. The monoisotopic (exact) mass is 397 g/mol. The van der Waals surface area contributed by atoms with E-state index in [1.54, 1.807) is 0 Å². The van der Waals surface area contributed by atoms with Crippen LogP contribution in [0.2, 0.25) is 0 Å². The molecule has 2 aromatic rings. The van der Waals surface area contributed by atoms with Crippen molar-refractivity contribution in [3.8, 4) is 5.75 Å².